The van der Waals surface area contributed by atoms with Crippen LogP contribution in [-0.4, -0.2) is 16.7 Å². The molecule has 0 atom stereocenters. The summed E-state index contributed by atoms with van der Waals surface area (Å²) in [6.07, 6.45) is 3.30. The minimum absolute atomic E-state index is 0.0970. The van der Waals surface area contributed by atoms with Gasteiger partial charge in [-0.25, -0.2) is 0 Å². The van der Waals surface area contributed by atoms with Gasteiger partial charge in [-0.1, -0.05) is 0 Å². The zero-order valence-electron chi connectivity index (χ0n) is 9.95. The molecule has 1 aromatic carbocycles. The first-order valence-corrected chi connectivity index (χ1v) is 5.57. The van der Waals surface area contributed by atoms with Crippen LogP contribution in [0.2, 0.25) is 0 Å². The third-order valence-electron chi connectivity index (χ3n) is 2.19. The molecule has 2 rings (SSSR count). The van der Waals surface area contributed by atoms with Gasteiger partial charge in [-0.05, 0) is 31.2 Å². The Bertz CT molecular complexity index is 541. The number of phenolic OH excluding ortho intramolecular Hbond substituents is 1. The Kier molecular flexibility index (Phi) is 3.86. The van der Waals surface area contributed by atoms with E-state index in [0.717, 1.165) is 5.69 Å². The summed E-state index contributed by atoms with van der Waals surface area (Å²) in [5, 5.41) is 17.7. The Labute approximate surface area is 105 Å². The molecule has 1 heterocycles. The number of pyridine rings is 1. The summed E-state index contributed by atoms with van der Waals surface area (Å²) in [7, 11) is 0. The highest BCUT2D eigenvalue weighted by Gasteiger charge is 2.02. The monoisotopic (exact) mass is 243 g/mol. The fourth-order valence-electron chi connectivity index (χ4n) is 1.36. The largest absolute Gasteiger partial charge is 0.504 e. The lowest BCUT2D eigenvalue weighted by Gasteiger charge is -2.05. The maximum absolute atomic E-state index is 9.55. The molecule has 0 fully saturated rings. The number of benzene rings is 1. The molecule has 0 amide bonds. The summed E-state index contributed by atoms with van der Waals surface area (Å²) in [6.45, 7) is 2.34. The van der Waals surface area contributed by atoms with Crippen LogP contribution in [0.5, 0.6) is 11.5 Å². The molecule has 5 heteroatoms. The Morgan fingerprint density at radius 3 is 2.56 bits per heavy atom. The van der Waals surface area contributed by atoms with E-state index in [4.69, 9.17) is 4.74 Å². The number of phenols is 1. The zero-order valence-corrected chi connectivity index (χ0v) is 9.95. The van der Waals surface area contributed by atoms with Gasteiger partial charge >= 0.3 is 0 Å². The van der Waals surface area contributed by atoms with Crippen molar-refractivity contribution in [1.29, 1.82) is 0 Å². The maximum Gasteiger partial charge on any atom is 0.163 e. The molecule has 1 aromatic heterocycles. The average Bonchev–Trinajstić information content (AvgIpc) is 2.41. The van der Waals surface area contributed by atoms with Crippen molar-refractivity contribution in [2.24, 2.45) is 10.2 Å². The van der Waals surface area contributed by atoms with E-state index < -0.39 is 0 Å². The lowest BCUT2D eigenvalue weighted by molar-refractivity contribution is 0.318. The van der Waals surface area contributed by atoms with Gasteiger partial charge in [-0.2, -0.15) is 10.2 Å². The molecule has 0 aliphatic rings. The Morgan fingerprint density at radius 2 is 1.83 bits per heavy atom. The van der Waals surface area contributed by atoms with Crippen molar-refractivity contribution in [3.63, 3.8) is 0 Å². The first-order valence-electron chi connectivity index (χ1n) is 5.57. The first kappa shape index (κ1) is 12.0. The van der Waals surface area contributed by atoms with Crippen LogP contribution in [0.3, 0.4) is 0 Å². The van der Waals surface area contributed by atoms with Crippen LogP contribution in [-0.2, 0) is 0 Å². The number of aromatic hydroxyl groups is 1. The van der Waals surface area contributed by atoms with Gasteiger partial charge in [0.1, 0.15) is 0 Å². The lowest BCUT2D eigenvalue weighted by atomic mass is 10.3. The second-order valence-corrected chi connectivity index (χ2v) is 3.49. The molecule has 92 valence electrons. The molecule has 0 bridgehead atoms. The molecule has 0 unspecified atom stereocenters. The topological polar surface area (TPSA) is 67.1 Å². The molecule has 1 N–H and O–H groups in total. The normalized spacial score (nSPS) is 10.7. The third kappa shape index (κ3) is 3.04. The second kappa shape index (κ2) is 5.77. The fourth-order valence-corrected chi connectivity index (χ4v) is 1.36. The molecule has 0 saturated carbocycles. The summed E-state index contributed by atoms with van der Waals surface area (Å²) >= 11 is 0. The number of nitrogens with zero attached hydrogens (tertiary/aromatic N) is 3. The molecule has 0 aliphatic carbocycles. The van der Waals surface area contributed by atoms with Crippen LogP contribution >= 0.6 is 0 Å². The van der Waals surface area contributed by atoms with E-state index in [1.54, 1.807) is 36.7 Å². The smallest absolute Gasteiger partial charge is 0.163 e. The van der Waals surface area contributed by atoms with Gasteiger partial charge in [-0.3, -0.25) is 4.98 Å². The summed E-state index contributed by atoms with van der Waals surface area (Å²) in [6, 6.07) is 8.36. The Morgan fingerprint density at radius 1 is 1.11 bits per heavy atom. The second-order valence-electron chi connectivity index (χ2n) is 3.49. The number of azo groups is 1. The van der Waals surface area contributed by atoms with E-state index >= 15 is 0 Å². The van der Waals surface area contributed by atoms with Crippen molar-refractivity contribution in [3.8, 4) is 11.5 Å². The van der Waals surface area contributed by atoms with E-state index in [9.17, 15) is 5.11 Å². The van der Waals surface area contributed by atoms with Gasteiger partial charge in [0.2, 0.25) is 0 Å². The fraction of sp³-hybridized carbons (Fsp3) is 0.154. The van der Waals surface area contributed by atoms with Gasteiger partial charge in [0.15, 0.2) is 11.5 Å². The van der Waals surface area contributed by atoms with Crippen molar-refractivity contribution >= 4 is 11.4 Å². The number of rotatable bonds is 4. The van der Waals surface area contributed by atoms with Crippen LogP contribution in [0.25, 0.3) is 0 Å². The Hall–Kier alpha value is -2.43. The highest BCUT2D eigenvalue weighted by Crippen LogP contribution is 2.31. The molecule has 18 heavy (non-hydrogen) atoms. The highest BCUT2D eigenvalue weighted by atomic mass is 16.5. The number of ether oxygens (including phenoxy) is 1. The molecule has 2 aromatic rings. The van der Waals surface area contributed by atoms with Crippen LogP contribution in [0.4, 0.5) is 11.4 Å². The standard InChI is InChI=1S/C13H13N3O2/c1-2-18-13-9-11(3-4-12(13)17)16-15-10-5-7-14-8-6-10/h3-9,17H,2H2,1H3. The lowest BCUT2D eigenvalue weighted by Crippen LogP contribution is -1.90. The Balaban J connectivity index is 2.19. The molecular formula is C13H13N3O2. The van der Waals surface area contributed by atoms with Gasteiger partial charge in [0.25, 0.3) is 0 Å². The molecular weight excluding hydrogens is 230 g/mol. The van der Waals surface area contributed by atoms with E-state index in [1.807, 2.05) is 6.92 Å². The van der Waals surface area contributed by atoms with Crippen LogP contribution in [0, 0.1) is 0 Å². The van der Waals surface area contributed by atoms with Crippen LogP contribution in [0.1, 0.15) is 6.92 Å². The van der Waals surface area contributed by atoms with E-state index in [2.05, 4.69) is 15.2 Å². The van der Waals surface area contributed by atoms with Gasteiger partial charge in [0, 0.05) is 18.5 Å². The molecule has 0 aliphatic heterocycles. The first-order chi connectivity index (χ1) is 8.79. The number of hydrogen-bond donors (Lipinski definition) is 1. The van der Waals surface area contributed by atoms with Crippen LogP contribution in [0.15, 0.2) is 53.0 Å². The van der Waals surface area contributed by atoms with E-state index in [0.29, 0.717) is 18.0 Å². The van der Waals surface area contributed by atoms with Gasteiger partial charge in [-0.15, -0.1) is 0 Å². The van der Waals surface area contributed by atoms with Crippen molar-refractivity contribution < 1.29 is 9.84 Å². The van der Waals surface area contributed by atoms with E-state index in [1.165, 1.54) is 6.07 Å². The maximum atomic E-state index is 9.55. The predicted molar refractivity (Wildman–Crippen MR) is 67.7 cm³/mol. The van der Waals surface area contributed by atoms with Crippen molar-refractivity contribution in [2.45, 2.75) is 6.92 Å². The highest BCUT2D eigenvalue weighted by molar-refractivity contribution is 5.51. The molecule has 5 nitrogen and oxygen atoms in total. The molecule has 0 spiro atoms. The summed E-state index contributed by atoms with van der Waals surface area (Å²) in [4.78, 5) is 3.90. The summed E-state index contributed by atoms with van der Waals surface area (Å²) < 4.78 is 5.27. The number of aromatic nitrogens is 1. The summed E-state index contributed by atoms with van der Waals surface area (Å²) in [5.74, 6) is 0.503. The predicted octanol–water partition coefficient (Wildman–Crippen LogP) is 3.60. The molecule has 0 saturated heterocycles. The zero-order chi connectivity index (χ0) is 12.8. The van der Waals surface area contributed by atoms with Crippen molar-refractivity contribution in [1.82, 2.24) is 4.98 Å². The van der Waals surface area contributed by atoms with Crippen molar-refractivity contribution in [2.75, 3.05) is 6.61 Å². The quantitative estimate of drug-likeness (QED) is 0.834. The van der Waals surface area contributed by atoms with Crippen molar-refractivity contribution in [3.05, 3.63) is 42.7 Å². The van der Waals surface area contributed by atoms with Gasteiger partial charge < -0.3 is 9.84 Å². The summed E-state index contributed by atoms with van der Waals surface area (Å²) in [5.41, 5.74) is 1.34. The third-order valence-corrected chi connectivity index (χ3v) is 2.19. The molecule has 0 radical (unpaired) electrons. The van der Waals surface area contributed by atoms with E-state index in [-0.39, 0.29) is 5.75 Å². The minimum atomic E-state index is 0.0970. The number of hydrogen-bond acceptors (Lipinski definition) is 5. The average molecular weight is 243 g/mol. The minimum Gasteiger partial charge on any atom is -0.504 e. The SMILES string of the molecule is CCOc1cc(N=Nc2ccncc2)ccc1O. The van der Waals surface area contributed by atoms with Gasteiger partial charge in [0.05, 0.1) is 18.0 Å². The van der Waals surface area contributed by atoms with Crippen LogP contribution < -0.4 is 4.74 Å².